The number of aliphatic hydroxyl groups excluding tert-OH is 5. The van der Waals surface area contributed by atoms with Crippen LogP contribution in [0.5, 0.6) is 0 Å². The standard InChI is InChI=1S/C39H58N6O7/c1-3-4-5-8-20-45(25-33(47)36(49)37(50)34(48)26-46)21-19-44-39(52)30-13-11-28(12-14-30)15-16-41-24-29(22-31-10-7-6-9-27(31)2)23-32-35(38(40)51)43-18-17-42-32/h6-7,9-14,17-18,29,33-34,36-37,41,46-50H,3-5,8,15-16,19-26H2,1-2H3,(H2,40,51)(H,44,52)/t29-,33+,34-,36-,37-/m1/s1. The highest BCUT2D eigenvalue weighted by molar-refractivity contribution is 5.94. The lowest BCUT2D eigenvalue weighted by molar-refractivity contribution is -0.119. The molecular weight excluding hydrogens is 664 g/mol. The Hall–Kier alpha value is -3.82. The monoisotopic (exact) mass is 722 g/mol. The van der Waals surface area contributed by atoms with E-state index in [4.69, 9.17) is 10.8 Å². The third-order valence-corrected chi connectivity index (χ3v) is 9.31. The van der Waals surface area contributed by atoms with E-state index in [0.29, 0.717) is 50.4 Å². The van der Waals surface area contributed by atoms with Crippen LogP contribution in [0.3, 0.4) is 0 Å². The number of hydrogen-bond donors (Lipinski definition) is 8. The average Bonchev–Trinajstić information content (AvgIpc) is 3.15. The first kappa shape index (κ1) is 42.6. The Balaban J connectivity index is 1.50. The minimum atomic E-state index is -1.69. The number of carbonyl (C=O) groups excluding carboxylic acids is 2. The van der Waals surface area contributed by atoms with E-state index in [2.05, 4.69) is 46.6 Å². The summed E-state index contributed by atoms with van der Waals surface area (Å²) >= 11 is 0. The van der Waals surface area contributed by atoms with Crippen molar-refractivity contribution in [2.24, 2.45) is 11.7 Å². The number of primary amides is 1. The molecule has 13 nitrogen and oxygen atoms in total. The van der Waals surface area contributed by atoms with Gasteiger partial charge in [0.05, 0.1) is 18.4 Å². The summed E-state index contributed by atoms with van der Waals surface area (Å²) in [5, 5.41) is 56.0. The minimum absolute atomic E-state index is 0.0303. The Bertz CT molecular complexity index is 1490. The van der Waals surface area contributed by atoms with Crippen molar-refractivity contribution in [3.05, 3.63) is 94.6 Å². The molecule has 0 unspecified atom stereocenters. The molecule has 0 aliphatic carbocycles. The number of unbranched alkanes of at least 4 members (excludes halogenated alkanes) is 3. The van der Waals surface area contributed by atoms with Crippen LogP contribution in [0.1, 0.15) is 75.8 Å². The SMILES string of the molecule is CCCCCCN(CCNC(=O)c1ccc(CCNC[C@H](Cc2ccccc2C)Cc2nccnc2C(N)=O)cc1)C[C@H](O)[C@@H](O)[C@H](O)[C@H](O)CO. The lowest BCUT2D eigenvalue weighted by Gasteiger charge is -2.30. The number of aromatic nitrogens is 2. The third kappa shape index (κ3) is 14.3. The Labute approximate surface area is 307 Å². The van der Waals surface area contributed by atoms with Crippen molar-refractivity contribution in [1.29, 1.82) is 0 Å². The van der Waals surface area contributed by atoms with Crippen molar-refractivity contribution >= 4 is 11.8 Å². The van der Waals surface area contributed by atoms with E-state index in [1.54, 1.807) is 18.3 Å². The molecule has 52 heavy (non-hydrogen) atoms. The predicted octanol–water partition coefficient (Wildman–Crippen LogP) is 1.17. The van der Waals surface area contributed by atoms with Gasteiger partial charge in [0.15, 0.2) is 0 Å². The molecule has 3 rings (SSSR count). The molecule has 13 heteroatoms. The van der Waals surface area contributed by atoms with Gasteiger partial charge >= 0.3 is 0 Å². The van der Waals surface area contributed by atoms with Crippen molar-refractivity contribution in [3.8, 4) is 0 Å². The van der Waals surface area contributed by atoms with E-state index in [0.717, 1.165) is 44.1 Å². The number of aryl methyl sites for hydroxylation is 1. The summed E-state index contributed by atoms with van der Waals surface area (Å²) in [4.78, 5) is 35.4. The first-order valence-corrected chi connectivity index (χ1v) is 18.3. The molecule has 9 N–H and O–H groups in total. The summed E-state index contributed by atoms with van der Waals surface area (Å²) in [7, 11) is 0. The molecule has 0 aliphatic heterocycles. The fourth-order valence-corrected chi connectivity index (χ4v) is 6.15. The van der Waals surface area contributed by atoms with Gasteiger partial charge in [0, 0.05) is 37.6 Å². The third-order valence-electron chi connectivity index (χ3n) is 9.31. The number of amides is 2. The molecule has 0 radical (unpaired) electrons. The van der Waals surface area contributed by atoms with Crippen molar-refractivity contribution in [2.45, 2.75) is 83.2 Å². The molecule has 286 valence electrons. The molecule has 0 saturated heterocycles. The Morgan fingerprint density at radius 2 is 1.58 bits per heavy atom. The molecule has 2 amide bonds. The lowest BCUT2D eigenvalue weighted by atomic mass is 9.91. The number of rotatable bonds is 25. The van der Waals surface area contributed by atoms with Crippen molar-refractivity contribution < 1.29 is 35.1 Å². The summed E-state index contributed by atoms with van der Waals surface area (Å²) in [5.41, 5.74) is 10.4. The molecule has 0 spiro atoms. The number of nitrogens with two attached hydrogens (primary N) is 1. The van der Waals surface area contributed by atoms with Gasteiger partial charge < -0.3 is 41.9 Å². The quantitative estimate of drug-likeness (QED) is 0.0581. The van der Waals surface area contributed by atoms with E-state index in [-0.39, 0.29) is 24.1 Å². The van der Waals surface area contributed by atoms with E-state index < -0.39 is 36.9 Å². The number of carbonyl (C=O) groups is 2. The number of nitrogens with one attached hydrogen (secondary N) is 2. The van der Waals surface area contributed by atoms with Gasteiger partial charge in [-0.05, 0) is 87.0 Å². The smallest absolute Gasteiger partial charge is 0.269 e. The Kier molecular flexibility index (Phi) is 18.8. The van der Waals surface area contributed by atoms with Gasteiger partial charge in [0.1, 0.15) is 24.0 Å². The van der Waals surface area contributed by atoms with Crippen molar-refractivity contribution in [1.82, 2.24) is 25.5 Å². The van der Waals surface area contributed by atoms with E-state index in [1.165, 1.54) is 17.3 Å². The largest absolute Gasteiger partial charge is 0.394 e. The second kappa shape index (κ2) is 23.0. The maximum absolute atomic E-state index is 12.9. The van der Waals surface area contributed by atoms with Crippen LogP contribution in [-0.2, 0) is 19.3 Å². The first-order valence-electron chi connectivity index (χ1n) is 18.3. The maximum Gasteiger partial charge on any atom is 0.269 e. The van der Waals surface area contributed by atoms with Gasteiger partial charge in [-0.3, -0.25) is 19.5 Å². The van der Waals surface area contributed by atoms with Gasteiger partial charge in [-0.2, -0.15) is 0 Å². The summed E-state index contributed by atoms with van der Waals surface area (Å²) < 4.78 is 0. The van der Waals surface area contributed by atoms with Crippen LogP contribution >= 0.6 is 0 Å². The van der Waals surface area contributed by atoms with Gasteiger partial charge in [-0.1, -0.05) is 62.6 Å². The zero-order valence-corrected chi connectivity index (χ0v) is 30.5. The molecule has 0 saturated carbocycles. The van der Waals surface area contributed by atoms with Crippen LogP contribution in [0, 0.1) is 12.8 Å². The fraction of sp³-hybridized carbons (Fsp3) is 0.538. The molecule has 1 heterocycles. The highest BCUT2D eigenvalue weighted by Gasteiger charge is 2.31. The van der Waals surface area contributed by atoms with E-state index in [9.17, 15) is 30.0 Å². The fourth-order valence-electron chi connectivity index (χ4n) is 6.15. The first-order chi connectivity index (χ1) is 25.0. The molecule has 1 aromatic heterocycles. The number of nitrogens with zero attached hydrogens (tertiary/aromatic N) is 3. The van der Waals surface area contributed by atoms with Gasteiger partial charge in [0.25, 0.3) is 11.8 Å². The zero-order chi connectivity index (χ0) is 37.9. The van der Waals surface area contributed by atoms with Crippen LogP contribution in [0.15, 0.2) is 60.9 Å². The van der Waals surface area contributed by atoms with Crippen LogP contribution in [0.25, 0.3) is 0 Å². The molecule has 3 aromatic rings. The Morgan fingerprint density at radius 3 is 2.27 bits per heavy atom. The van der Waals surface area contributed by atoms with Gasteiger partial charge in [-0.25, -0.2) is 4.98 Å². The zero-order valence-electron chi connectivity index (χ0n) is 30.5. The highest BCUT2D eigenvalue weighted by Crippen LogP contribution is 2.18. The second-order valence-electron chi connectivity index (χ2n) is 13.5. The van der Waals surface area contributed by atoms with Crippen LogP contribution in [0.4, 0.5) is 0 Å². The summed E-state index contributed by atoms with van der Waals surface area (Å²) in [5.74, 6) is -0.669. The lowest BCUT2D eigenvalue weighted by Crippen LogP contribution is -2.50. The van der Waals surface area contributed by atoms with Crippen LogP contribution < -0.4 is 16.4 Å². The topological polar surface area (TPSA) is 214 Å². The highest BCUT2D eigenvalue weighted by atomic mass is 16.4. The molecule has 0 fully saturated rings. The van der Waals surface area contributed by atoms with Gasteiger partial charge in [-0.15, -0.1) is 0 Å². The second-order valence-corrected chi connectivity index (χ2v) is 13.5. The van der Waals surface area contributed by atoms with E-state index in [1.807, 2.05) is 29.2 Å². The summed E-state index contributed by atoms with van der Waals surface area (Å²) in [6, 6.07) is 15.7. The maximum atomic E-state index is 12.9. The Morgan fingerprint density at radius 1 is 0.865 bits per heavy atom. The number of benzene rings is 2. The minimum Gasteiger partial charge on any atom is -0.394 e. The normalized spacial score (nSPS) is 14.5. The number of aliphatic hydroxyl groups is 5. The molecular formula is C39H58N6O7. The molecule has 5 atom stereocenters. The average molecular weight is 723 g/mol. The summed E-state index contributed by atoms with van der Waals surface area (Å²) in [6.07, 6.45) is 2.92. The molecule has 2 aromatic carbocycles. The van der Waals surface area contributed by atoms with Gasteiger partial charge in [0.2, 0.25) is 0 Å². The molecule has 0 bridgehead atoms. The van der Waals surface area contributed by atoms with E-state index >= 15 is 0 Å². The van der Waals surface area contributed by atoms with Crippen molar-refractivity contribution in [2.75, 3.05) is 45.9 Å². The molecule has 0 aliphatic rings. The number of hydrogen-bond acceptors (Lipinski definition) is 11. The van der Waals surface area contributed by atoms with Crippen LogP contribution in [-0.4, -0.2) is 123 Å². The summed E-state index contributed by atoms with van der Waals surface area (Å²) in [6.45, 7) is 6.25. The van der Waals surface area contributed by atoms with Crippen molar-refractivity contribution in [3.63, 3.8) is 0 Å². The van der Waals surface area contributed by atoms with Crippen LogP contribution in [0.2, 0.25) is 0 Å². The predicted molar refractivity (Wildman–Crippen MR) is 200 cm³/mol.